The molecule has 0 aliphatic heterocycles. The molecule has 0 saturated carbocycles. The van der Waals surface area contributed by atoms with Gasteiger partial charge in [-0.15, -0.1) is 0 Å². The first kappa shape index (κ1) is 8.97. The molecule has 3 heteroatoms. The topological polar surface area (TPSA) is 35.0 Å². The summed E-state index contributed by atoms with van der Waals surface area (Å²) in [7, 11) is 1.63. The summed E-state index contributed by atoms with van der Waals surface area (Å²) in [5, 5.41) is 0. The van der Waals surface area contributed by atoms with Crippen molar-refractivity contribution in [3.8, 4) is 5.88 Å². The van der Waals surface area contributed by atoms with Crippen molar-refractivity contribution in [1.29, 1.82) is 0 Å². The van der Waals surface area contributed by atoms with E-state index < -0.39 is 0 Å². The van der Waals surface area contributed by atoms with Crippen LogP contribution in [0.15, 0.2) is 12.5 Å². The summed E-state index contributed by atoms with van der Waals surface area (Å²) in [6.07, 6.45) is 4.40. The number of aromatic nitrogens is 2. The zero-order valence-corrected chi connectivity index (χ0v) is 7.74. The molecule has 1 unspecified atom stereocenters. The summed E-state index contributed by atoms with van der Waals surface area (Å²) in [6, 6.07) is 0. The van der Waals surface area contributed by atoms with Crippen LogP contribution >= 0.6 is 0 Å². The van der Waals surface area contributed by atoms with Crippen LogP contribution in [0, 0.1) is 0 Å². The normalized spacial score (nSPS) is 12.6. The molecule has 3 nitrogen and oxygen atoms in total. The highest BCUT2D eigenvalue weighted by Crippen LogP contribution is 2.24. The molecule has 0 bridgehead atoms. The fourth-order valence-electron chi connectivity index (χ4n) is 1.06. The fraction of sp³-hybridized carbons (Fsp3) is 0.556. The Morgan fingerprint density at radius 2 is 2.33 bits per heavy atom. The molecule has 0 saturated heterocycles. The van der Waals surface area contributed by atoms with Gasteiger partial charge in [0.2, 0.25) is 5.88 Å². The van der Waals surface area contributed by atoms with Gasteiger partial charge in [0.05, 0.1) is 7.11 Å². The molecule has 0 aromatic carbocycles. The van der Waals surface area contributed by atoms with Gasteiger partial charge in [0, 0.05) is 11.8 Å². The lowest BCUT2D eigenvalue weighted by atomic mass is 10.0. The zero-order valence-electron chi connectivity index (χ0n) is 7.74. The summed E-state index contributed by atoms with van der Waals surface area (Å²) in [5.41, 5.74) is 1.09. The Morgan fingerprint density at radius 3 is 2.92 bits per heavy atom. The van der Waals surface area contributed by atoms with E-state index in [0.29, 0.717) is 11.8 Å². The van der Waals surface area contributed by atoms with E-state index in [1.165, 1.54) is 6.33 Å². The van der Waals surface area contributed by atoms with Crippen molar-refractivity contribution in [2.24, 2.45) is 0 Å². The van der Waals surface area contributed by atoms with Crippen molar-refractivity contribution in [1.82, 2.24) is 9.97 Å². The van der Waals surface area contributed by atoms with E-state index in [1.807, 2.05) is 6.20 Å². The van der Waals surface area contributed by atoms with Crippen molar-refractivity contribution in [2.75, 3.05) is 7.11 Å². The summed E-state index contributed by atoms with van der Waals surface area (Å²) in [5.74, 6) is 1.15. The molecule has 0 fully saturated rings. The van der Waals surface area contributed by atoms with Crippen molar-refractivity contribution in [3.05, 3.63) is 18.1 Å². The maximum absolute atomic E-state index is 5.12. The number of hydrogen-bond acceptors (Lipinski definition) is 3. The molecule has 1 atom stereocenters. The second kappa shape index (κ2) is 4.04. The van der Waals surface area contributed by atoms with Crippen LogP contribution in [0.4, 0.5) is 0 Å². The molecular weight excluding hydrogens is 152 g/mol. The highest BCUT2D eigenvalue weighted by Gasteiger charge is 2.09. The largest absolute Gasteiger partial charge is 0.481 e. The summed E-state index contributed by atoms with van der Waals surface area (Å²) in [4.78, 5) is 8.00. The third-order valence-corrected chi connectivity index (χ3v) is 2.04. The molecule has 0 aliphatic rings. The second-order valence-corrected chi connectivity index (χ2v) is 2.80. The minimum absolute atomic E-state index is 0.459. The molecule has 0 radical (unpaired) electrons. The van der Waals surface area contributed by atoms with Crippen LogP contribution in [0.25, 0.3) is 0 Å². The minimum Gasteiger partial charge on any atom is -0.481 e. The average molecular weight is 166 g/mol. The number of rotatable bonds is 3. The van der Waals surface area contributed by atoms with Crippen molar-refractivity contribution in [2.45, 2.75) is 26.2 Å². The van der Waals surface area contributed by atoms with Crippen molar-refractivity contribution >= 4 is 0 Å². The minimum atomic E-state index is 0.459. The van der Waals surface area contributed by atoms with E-state index in [9.17, 15) is 0 Å². The lowest BCUT2D eigenvalue weighted by Gasteiger charge is -2.10. The number of hydrogen-bond donors (Lipinski definition) is 0. The first-order valence-corrected chi connectivity index (χ1v) is 4.13. The van der Waals surface area contributed by atoms with Crippen LogP contribution in [-0.4, -0.2) is 17.1 Å². The summed E-state index contributed by atoms with van der Waals surface area (Å²) < 4.78 is 5.12. The van der Waals surface area contributed by atoms with Gasteiger partial charge < -0.3 is 4.74 Å². The van der Waals surface area contributed by atoms with Gasteiger partial charge in [-0.3, -0.25) is 0 Å². The van der Waals surface area contributed by atoms with Crippen LogP contribution < -0.4 is 4.74 Å². The van der Waals surface area contributed by atoms with Crippen LogP contribution in [0.5, 0.6) is 5.88 Å². The average Bonchev–Trinajstić information content (AvgIpc) is 2.16. The molecule has 1 heterocycles. The van der Waals surface area contributed by atoms with Gasteiger partial charge in [-0.2, -0.15) is 0 Å². The Balaban J connectivity index is 2.96. The van der Waals surface area contributed by atoms with Gasteiger partial charge in [-0.25, -0.2) is 9.97 Å². The van der Waals surface area contributed by atoms with Crippen LogP contribution in [-0.2, 0) is 0 Å². The lowest BCUT2D eigenvalue weighted by molar-refractivity contribution is 0.387. The molecule has 1 aromatic rings. The first-order chi connectivity index (χ1) is 5.79. The van der Waals surface area contributed by atoms with Gasteiger partial charge in [0.15, 0.2) is 0 Å². The molecular formula is C9H14N2O. The standard InChI is InChI=1S/C9H14N2O/c1-4-7(2)8-5-10-6-11-9(8)12-3/h5-7H,4H2,1-3H3. The fourth-order valence-corrected chi connectivity index (χ4v) is 1.06. The summed E-state index contributed by atoms with van der Waals surface area (Å²) in [6.45, 7) is 4.28. The summed E-state index contributed by atoms with van der Waals surface area (Å²) >= 11 is 0. The Bertz CT molecular complexity index is 250. The predicted octanol–water partition coefficient (Wildman–Crippen LogP) is 2.00. The molecule has 0 aliphatic carbocycles. The number of ether oxygens (including phenoxy) is 1. The van der Waals surface area contributed by atoms with Gasteiger partial charge in [0.25, 0.3) is 0 Å². The van der Waals surface area contributed by atoms with E-state index >= 15 is 0 Å². The van der Waals surface area contributed by atoms with Crippen molar-refractivity contribution in [3.63, 3.8) is 0 Å². The van der Waals surface area contributed by atoms with E-state index in [2.05, 4.69) is 23.8 Å². The maximum Gasteiger partial charge on any atom is 0.219 e. The second-order valence-electron chi connectivity index (χ2n) is 2.80. The smallest absolute Gasteiger partial charge is 0.219 e. The van der Waals surface area contributed by atoms with E-state index in [4.69, 9.17) is 4.74 Å². The predicted molar refractivity (Wildman–Crippen MR) is 47.3 cm³/mol. The van der Waals surface area contributed by atoms with Crippen molar-refractivity contribution < 1.29 is 4.74 Å². The van der Waals surface area contributed by atoms with E-state index in [1.54, 1.807) is 7.11 Å². The molecule has 1 rings (SSSR count). The van der Waals surface area contributed by atoms with E-state index in [0.717, 1.165) is 12.0 Å². The molecule has 0 amide bonds. The maximum atomic E-state index is 5.12. The quantitative estimate of drug-likeness (QED) is 0.688. The SMILES string of the molecule is CCC(C)c1cncnc1OC. The third-order valence-electron chi connectivity index (χ3n) is 2.04. The zero-order chi connectivity index (χ0) is 8.97. The number of methoxy groups -OCH3 is 1. The molecule has 66 valence electrons. The number of nitrogens with zero attached hydrogens (tertiary/aromatic N) is 2. The third kappa shape index (κ3) is 1.72. The van der Waals surface area contributed by atoms with Crippen LogP contribution in [0.2, 0.25) is 0 Å². The Hall–Kier alpha value is -1.12. The molecule has 1 aromatic heterocycles. The molecule has 12 heavy (non-hydrogen) atoms. The first-order valence-electron chi connectivity index (χ1n) is 4.13. The van der Waals surface area contributed by atoms with Gasteiger partial charge in [-0.05, 0) is 12.3 Å². The molecule has 0 N–H and O–H groups in total. The lowest BCUT2D eigenvalue weighted by Crippen LogP contribution is -1.99. The Labute approximate surface area is 72.8 Å². The van der Waals surface area contributed by atoms with Gasteiger partial charge >= 0.3 is 0 Å². The molecule has 0 spiro atoms. The Morgan fingerprint density at radius 1 is 1.58 bits per heavy atom. The monoisotopic (exact) mass is 166 g/mol. The van der Waals surface area contributed by atoms with E-state index in [-0.39, 0.29) is 0 Å². The van der Waals surface area contributed by atoms with Crippen LogP contribution in [0.3, 0.4) is 0 Å². The van der Waals surface area contributed by atoms with Gasteiger partial charge in [-0.1, -0.05) is 13.8 Å². The Kier molecular flexibility index (Phi) is 3.02. The van der Waals surface area contributed by atoms with Crippen LogP contribution in [0.1, 0.15) is 31.7 Å². The van der Waals surface area contributed by atoms with Gasteiger partial charge in [0.1, 0.15) is 6.33 Å². The highest BCUT2D eigenvalue weighted by atomic mass is 16.5. The highest BCUT2D eigenvalue weighted by molar-refractivity contribution is 5.25.